The van der Waals surface area contributed by atoms with Crippen LogP contribution in [0.4, 0.5) is 5.95 Å². The highest BCUT2D eigenvalue weighted by Gasteiger charge is 2.02. The van der Waals surface area contributed by atoms with E-state index in [0.717, 1.165) is 30.5 Å². The number of anilines is 1. The Kier molecular flexibility index (Phi) is 5.61. The Morgan fingerprint density at radius 1 is 1.04 bits per heavy atom. The topological polar surface area (TPSA) is 69.8 Å². The summed E-state index contributed by atoms with van der Waals surface area (Å²) in [7, 11) is 0. The Balaban J connectivity index is 1.43. The number of rotatable bonds is 7. The highest BCUT2D eigenvalue weighted by molar-refractivity contribution is 9.10. The Morgan fingerprint density at radius 3 is 2.67 bits per heavy atom. The number of aromatic nitrogens is 2. The van der Waals surface area contributed by atoms with Crippen molar-refractivity contribution < 1.29 is 0 Å². The fourth-order valence-electron chi connectivity index (χ4n) is 2.43. The van der Waals surface area contributed by atoms with Crippen LogP contribution in [-0.2, 0) is 6.54 Å². The third-order valence-corrected chi connectivity index (χ3v) is 4.21. The number of fused-ring (bicyclic) bond motifs is 1. The van der Waals surface area contributed by atoms with Gasteiger partial charge in [-0.3, -0.25) is 9.78 Å². The third kappa shape index (κ3) is 4.43. The van der Waals surface area contributed by atoms with Crippen LogP contribution in [0, 0.1) is 0 Å². The molecule has 0 spiro atoms. The second-order valence-electron chi connectivity index (χ2n) is 5.52. The molecule has 0 saturated heterocycles. The molecule has 0 aliphatic heterocycles. The number of H-pyrrole nitrogens is 1. The summed E-state index contributed by atoms with van der Waals surface area (Å²) < 4.78 is 1.09. The average molecular weight is 387 g/mol. The first kappa shape index (κ1) is 16.7. The second-order valence-corrected chi connectivity index (χ2v) is 6.43. The molecule has 5 nitrogen and oxygen atoms in total. The maximum atomic E-state index is 12.0. The summed E-state index contributed by atoms with van der Waals surface area (Å²) in [6.45, 7) is 2.48. The second kappa shape index (κ2) is 8.08. The van der Waals surface area contributed by atoms with Gasteiger partial charge in [-0.15, -0.1) is 0 Å². The molecule has 0 radical (unpaired) electrons. The van der Waals surface area contributed by atoms with Gasteiger partial charge in [-0.2, -0.15) is 0 Å². The van der Waals surface area contributed by atoms with Crippen LogP contribution in [0.15, 0.2) is 57.8 Å². The molecule has 0 amide bonds. The lowest BCUT2D eigenvalue weighted by molar-refractivity contribution is 0.662. The maximum Gasteiger partial charge on any atom is 0.260 e. The van der Waals surface area contributed by atoms with Crippen molar-refractivity contribution in [2.45, 2.75) is 13.0 Å². The zero-order chi connectivity index (χ0) is 16.8. The minimum Gasteiger partial charge on any atom is -0.356 e. The lowest BCUT2D eigenvalue weighted by atomic mass is 10.2. The van der Waals surface area contributed by atoms with E-state index in [1.807, 2.05) is 30.3 Å². The van der Waals surface area contributed by atoms with E-state index in [0.29, 0.717) is 16.9 Å². The lowest BCUT2D eigenvalue weighted by Crippen LogP contribution is -2.19. The van der Waals surface area contributed by atoms with Crippen LogP contribution in [0.5, 0.6) is 0 Å². The van der Waals surface area contributed by atoms with E-state index < -0.39 is 0 Å². The average Bonchev–Trinajstić information content (AvgIpc) is 2.60. The van der Waals surface area contributed by atoms with Gasteiger partial charge < -0.3 is 10.6 Å². The Morgan fingerprint density at radius 2 is 1.83 bits per heavy atom. The van der Waals surface area contributed by atoms with Crippen molar-refractivity contribution >= 4 is 32.8 Å². The predicted octanol–water partition coefficient (Wildman–Crippen LogP) is 3.28. The van der Waals surface area contributed by atoms with Gasteiger partial charge in [0.2, 0.25) is 5.95 Å². The minimum absolute atomic E-state index is 0.114. The smallest absolute Gasteiger partial charge is 0.260 e. The third-order valence-electron chi connectivity index (χ3n) is 3.68. The normalized spacial score (nSPS) is 10.9. The van der Waals surface area contributed by atoms with Crippen LogP contribution in [0.2, 0.25) is 0 Å². The first-order valence-corrected chi connectivity index (χ1v) is 8.70. The summed E-state index contributed by atoms with van der Waals surface area (Å²) in [5.74, 6) is 0.520. The van der Waals surface area contributed by atoms with Crippen molar-refractivity contribution in [3.63, 3.8) is 0 Å². The van der Waals surface area contributed by atoms with Crippen LogP contribution >= 0.6 is 15.9 Å². The number of nitrogens with zero attached hydrogens (tertiary/aromatic N) is 1. The molecule has 1 heterocycles. The van der Waals surface area contributed by atoms with E-state index in [1.165, 1.54) is 5.56 Å². The molecule has 2 aromatic carbocycles. The van der Waals surface area contributed by atoms with Gasteiger partial charge in [0.1, 0.15) is 0 Å². The van der Waals surface area contributed by atoms with Crippen LogP contribution in [0.25, 0.3) is 10.9 Å². The number of aromatic amines is 1. The number of benzene rings is 2. The van der Waals surface area contributed by atoms with Crippen molar-refractivity contribution in [1.82, 2.24) is 15.3 Å². The van der Waals surface area contributed by atoms with Gasteiger partial charge in [0.25, 0.3) is 5.56 Å². The number of hydrogen-bond acceptors (Lipinski definition) is 4. The van der Waals surface area contributed by atoms with Gasteiger partial charge in [0.05, 0.1) is 10.9 Å². The van der Waals surface area contributed by atoms with Crippen LogP contribution < -0.4 is 16.2 Å². The summed E-state index contributed by atoms with van der Waals surface area (Å²) in [6, 6.07) is 15.6. The molecular weight excluding hydrogens is 368 g/mol. The van der Waals surface area contributed by atoms with Crippen molar-refractivity contribution in [3.05, 3.63) is 68.9 Å². The van der Waals surface area contributed by atoms with Crippen LogP contribution in [0.1, 0.15) is 12.0 Å². The largest absolute Gasteiger partial charge is 0.356 e. The van der Waals surface area contributed by atoms with Crippen LogP contribution in [-0.4, -0.2) is 23.1 Å². The first-order chi connectivity index (χ1) is 11.7. The Hall–Kier alpha value is -2.18. The maximum absolute atomic E-state index is 12.0. The predicted molar refractivity (Wildman–Crippen MR) is 101 cm³/mol. The molecule has 24 heavy (non-hydrogen) atoms. The van der Waals surface area contributed by atoms with Gasteiger partial charge in [-0.25, -0.2) is 4.98 Å². The van der Waals surface area contributed by atoms with E-state index in [1.54, 1.807) is 6.07 Å². The molecule has 6 heteroatoms. The van der Waals surface area contributed by atoms with E-state index >= 15 is 0 Å². The molecule has 3 aromatic rings. The van der Waals surface area contributed by atoms with E-state index in [2.05, 4.69) is 48.7 Å². The molecule has 1 aromatic heterocycles. The van der Waals surface area contributed by atoms with Gasteiger partial charge in [-0.1, -0.05) is 40.2 Å². The van der Waals surface area contributed by atoms with E-state index in [-0.39, 0.29) is 5.56 Å². The summed E-state index contributed by atoms with van der Waals surface area (Å²) in [6.07, 6.45) is 0.938. The Bertz CT molecular complexity index is 861. The van der Waals surface area contributed by atoms with Crippen molar-refractivity contribution in [1.29, 1.82) is 0 Å². The molecule has 0 bridgehead atoms. The first-order valence-electron chi connectivity index (χ1n) is 7.90. The van der Waals surface area contributed by atoms with Crippen molar-refractivity contribution in [3.8, 4) is 0 Å². The standard InChI is InChI=1S/C18H19BrN4O/c19-14-8-6-13(7-9-14)12-20-10-3-11-21-18-22-16-5-2-1-4-15(16)17(24)23-18/h1-2,4-9,20H,3,10-12H2,(H2,21,22,23,24). The zero-order valence-electron chi connectivity index (χ0n) is 13.2. The molecule has 124 valence electrons. The van der Waals surface area contributed by atoms with Gasteiger partial charge in [0, 0.05) is 17.6 Å². The highest BCUT2D eigenvalue weighted by Crippen LogP contribution is 2.10. The van der Waals surface area contributed by atoms with Gasteiger partial charge >= 0.3 is 0 Å². The lowest BCUT2D eigenvalue weighted by Gasteiger charge is -2.08. The summed E-state index contributed by atoms with van der Waals surface area (Å²) in [4.78, 5) is 19.2. The molecule has 0 atom stereocenters. The monoisotopic (exact) mass is 386 g/mol. The van der Waals surface area contributed by atoms with Crippen molar-refractivity contribution in [2.75, 3.05) is 18.4 Å². The summed E-state index contributed by atoms with van der Waals surface area (Å²) >= 11 is 3.43. The van der Waals surface area contributed by atoms with E-state index in [9.17, 15) is 4.79 Å². The summed E-state index contributed by atoms with van der Waals surface area (Å²) in [5, 5.41) is 7.18. The number of nitrogens with one attached hydrogen (secondary N) is 3. The Labute approximate surface area is 148 Å². The quantitative estimate of drug-likeness (QED) is 0.545. The van der Waals surface area contributed by atoms with Gasteiger partial charge in [-0.05, 0) is 42.8 Å². The number of para-hydroxylation sites is 1. The van der Waals surface area contributed by atoms with Gasteiger partial charge in [0.15, 0.2) is 0 Å². The molecular formula is C18H19BrN4O. The SMILES string of the molecule is O=c1[nH]c(NCCCNCc2ccc(Br)cc2)nc2ccccc12. The highest BCUT2D eigenvalue weighted by atomic mass is 79.9. The minimum atomic E-state index is -0.114. The number of halogens is 1. The number of hydrogen-bond donors (Lipinski definition) is 3. The fourth-order valence-corrected chi connectivity index (χ4v) is 2.69. The molecule has 0 aliphatic rings. The molecule has 0 aliphatic carbocycles. The van der Waals surface area contributed by atoms with E-state index in [4.69, 9.17) is 0 Å². The molecule has 0 fully saturated rings. The molecule has 0 unspecified atom stereocenters. The fraction of sp³-hybridized carbons (Fsp3) is 0.222. The molecule has 3 N–H and O–H groups in total. The van der Waals surface area contributed by atoms with Crippen LogP contribution in [0.3, 0.4) is 0 Å². The zero-order valence-corrected chi connectivity index (χ0v) is 14.8. The van der Waals surface area contributed by atoms with Crippen molar-refractivity contribution in [2.24, 2.45) is 0 Å². The molecule has 0 saturated carbocycles. The molecule has 3 rings (SSSR count). The summed E-state index contributed by atoms with van der Waals surface area (Å²) in [5.41, 5.74) is 1.85.